The van der Waals surface area contributed by atoms with Gasteiger partial charge in [0.15, 0.2) is 0 Å². The largest absolute Gasteiger partial charge is 0.396 e. The van der Waals surface area contributed by atoms with Gasteiger partial charge in [0.1, 0.15) is 0 Å². The third kappa shape index (κ3) is 3.69. The van der Waals surface area contributed by atoms with Gasteiger partial charge in [0, 0.05) is 22.3 Å². The molecule has 0 saturated carbocycles. The lowest BCUT2D eigenvalue weighted by atomic mass is 10.0. The molecule has 1 aromatic rings. The highest BCUT2D eigenvalue weighted by molar-refractivity contribution is 8.19. The Hall–Kier alpha value is -0.120. The summed E-state index contributed by atoms with van der Waals surface area (Å²) in [5.41, 5.74) is 0. The lowest BCUT2D eigenvalue weighted by Gasteiger charge is -2.19. The van der Waals surface area contributed by atoms with E-state index in [4.69, 9.17) is 0 Å². The molecule has 2 rings (SSSR count). The zero-order chi connectivity index (χ0) is 12.8. The van der Waals surface area contributed by atoms with Crippen LogP contribution in [0, 0.1) is 5.92 Å². The van der Waals surface area contributed by atoms with Gasteiger partial charge in [0.2, 0.25) is 0 Å². The first-order valence-corrected chi connectivity index (χ1v) is 8.64. The molecular formula is C15H22OS2. The van der Waals surface area contributed by atoms with E-state index >= 15 is 0 Å². The van der Waals surface area contributed by atoms with Crippen LogP contribution in [0.2, 0.25) is 0 Å². The van der Waals surface area contributed by atoms with Crippen LogP contribution in [-0.4, -0.2) is 16.3 Å². The van der Waals surface area contributed by atoms with Gasteiger partial charge in [-0.1, -0.05) is 44.7 Å². The summed E-state index contributed by atoms with van der Waals surface area (Å²) in [5, 5.41) is 9.60. The van der Waals surface area contributed by atoms with Crippen LogP contribution in [0.15, 0.2) is 34.1 Å². The van der Waals surface area contributed by atoms with Crippen molar-refractivity contribution in [2.75, 3.05) is 6.61 Å². The first kappa shape index (κ1) is 14.3. The number of fused-ring (bicyclic) bond motifs is 1. The second-order valence-electron chi connectivity index (χ2n) is 4.84. The lowest BCUT2D eigenvalue weighted by Crippen LogP contribution is -2.16. The van der Waals surface area contributed by atoms with Crippen LogP contribution in [0.4, 0.5) is 0 Å². The molecule has 0 aromatic heterocycles. The molecule has 1 aromatic carbocycles. The minimum absolute atomic E-state index is 0.324. The van der Waals surface area contributed by atoms with E-state index in [1.807, 2.05) is 23.5 Å². The summed E-state index contributed by atoms with van der Waals surface area (Å²) < 4.78 is 0.508. The number of hydrogen-bond donors (Lipinski definition) is 1. The zero-order valence-electron chi connectivity index (χ0n) is 11.0. The maximum atomic E-state index is 9.60. The van der Waals surface area contributed by atoms with Gasteiger partial charge in [-0.2, -0.15) is 0 Å². The SMILES string of the molecule is CCCCCC[C@@H](CO)C1Sc2ccccc2S1. The van der Waals surface area contributed by atoms with E-state index in [2.05, 4.69) is 31.2 Å². The van der Waals surface area contributed by atoms with Crippen molar-refractivity contribution in [3.63, 3.8) is 0 Å². The third-order valence-electron chi connectivity index (χ3n) is 3.38. The summed E-state index contributed by atoms with van der Waals surface area (Å²) in [5.74, 6) is 0.434. The number of rotatable bonds is 7. The normalized spacial score (nSPS) is 16.8. The fraction of sp³-hybridized carbons (Fsp3) is 0.600. The molecule has 0 amide bonds. The van der Waals surface area contributed by atoms with Crippen molar-refractivity contribution in [2.45, 2.75) is 53.4 Å². The van der Waals surface area contributed by atoms with E-state index in [0.717, 1.165) is 6.42 Å². The van der Waals surface area contributed by atoms with Crippen molar-refractivity contribution in [3.05, 3.63) is 24.3 Å². The van der Waals surface area contributed by atoms with E-state index in [0.29, 0.717) is 17.1 Å². The molecule has 0 bridgehead atoms. The van der Waals surface area contributed by atoms with E-state index in [-0.39, 0.29) is 0 Å². The van der Waals surface area contributed by atoms with Gasteiger partial charge in [0.25, 0.3) is 0 Å². The van der Waals surface area contributed by atoms with Crippen LogP contribution >= 0.6 is 23.5 Å². The maximum absolute atomic E-state index is 9.60. The first-order chi connectivity index (χ1) is 8.85. The van der Waals surface area contributed by atoms with E-state index < -0.39 is 0 Å². The van der Waals surface area contributed by atoms with Gasteiger partial charge >= 0.3 is 0 Å². The number of thioether (sulfide) groups is 2. The van der Waals surface area contributed by atoms with Crippen molar-refractivity contribution in [2.24, 2.45) is 5.92 Å². The molecule has 1 atom stereocenters. The minimum Gasteiger partial charge on any atom is -0.396 e. The number of unbranched alkanes of at least 4 members (excludes halogenated alkanes) is 3. The van der Waals surface area contributed by atoms with Crippen LogP contribution in [-0.2, 0) is 0 Å². The fourth-order valence-electron chi connectivity index (χ4n) is 2.26. The fourth-order valence-corrected chi connectivity index (χ4v) is 5.37. The molecular weight excluding hydrogens is 260 g/mol. The second kappa shape index (κ2) is 7.46. The highest BCUT2D eigenvalue weighted by atomic mass is 32.2. The molecule has 0 fully saturated rings. The Bertz CT molecular complexity index is 342. The minimum atomic E-state index is 0.324. The van der Waals surface area contributed by atoms with Gasteiger partial charge in [-0.15, -0.1) is 23.5 Å². The average Bonchev–Trinajstić information content (AvgIpc) is 2.82. The first-order valence-electron chi connectivity index (χ1n) is 6.88. The number of aliphatic hydroxyl groups is 1. The van der Waals surface area contributed by atoms with E-state index in [1.54, 1.807) is 0 Å². The molecule has 0 unspecified atom stereocenters. The number of benzene rings is 1. The van der Waals surface area contributed by atoms with Gasteiger partial charge in [0.05, 0.1) is 4.58 Å². The summed E-state index contributed by atoms with van der Waals surface area (Å²) in [6.45, 7) is 2.56. The monoisotopic (exact) mass is 282 g/mol. The second-order valence-corrected chi connectivity index (χ2v) is 7.51. The Morgan fingerprint density at radius 3 is 2.33 bits per heavy atom. The van der Waals surface area contributed by atoms with Crippen molar-refractivity contribution in [1.82, 2.24) is 0 Å². The summed E-state index contributed by atoms with van der Waals surface area (Å²) in [6, 6.07) is 8.59. The Labute approximate surface area is 119 Å². The predicted molar refractivity (Wildman–Crippen MR) is 81.3 cm³/mol. The zero-order valence-corrected chi connectivity index (χ0v) is 12.6. The Morgan fingerprint density at radius 2 is 1.78 bits per heavy atom. The quantitative estimate of drug-likeness (QED) is 0.726. The van der Waals surface area contributed by atoms with Crippen LogP contribution in [0.1, 0.15) is 39.0 Å². The summed E-state index contributed by atoms with van der Waals surface area (Å²) >= 11 is 3.87. The molecule has 0 spiro atoms. The van der Waals surface area contributed by atoms with Gasteiger partial charge in [-0.05, 0) is 18.6 Å². The topological polar surface area (TPSA) is 20.2 Å². The standard InChI is InChI=1S/C15H22OS2/c1-2-3-4-5-8-12(11-16)15-17-13-9-6-7-10-14(13)18-15/h6-7,9-10,12,15-16H,2-5,8,11H2,1H3/t12-/m0/s1. The van der Waals surface area contributed by atoms with Gasteiger partial charge in [-0.3, -0.25) is 0 Å². The highest BCUT2D eigenvalue weighted by Crippen LogP contribution is 2.51. The molecule has 1 aliphatic heterocycles. The van der Waals surface area contributed by atoms with Crippen molar-refractivity contribution >= 4 is 23.5 Å². The predicted octanol–water partition coefficient (Wildman–Crippen LogP) is 4.79. The molecule has 1 nitrogen and oxygen atoms in total. The van der Waals surface area contributed by atoms with Crippen molar-refractivity contribution in [3.8, 4) is 0 Å². The van der Waals surface area contributed by atoms with Crippen LogP contribution in [0.3, 0.4) is 0 Å². The number of hydrogen-bond acceptors (Lipinski definition) is 3. The Kier molecular flexibility index (Phi) is 5.93. The van der Waals surface area contributed by atoms with E-state index in [1.165, 1.54) is 35.5 Å². The number of aliphatic hydroxyl groups excluding tert-OH is 1. The lowest BCUT2D eigenvalue weighted by molar-refractivity contribution is 0.225. The molecule has 0 radical (unpaired) electrons. The average molecular weight is 282 g/mol. The van der Waals surface area contributed by atoms with E-state index in [9.17, 15) is 5.11 Å². The highest BCUT2D eigenvalue weighted by Gasteiger charge is 2.29. The van der Waals surface area contributed by atoms with Crippen molar-refractivity contribution in [1.29, 1.82) is 0 Å². The van der Waals surface area contributed by atoms with Crippen LogP contribution < -0.4 is 0 Å². The summed E-state index contributed by atoms with van der Waals surface area (Å²) in [4.78, 5) is 2.78. The van der Waals surface area contributed by atoms with Crippen molar-refractivity contribution < 1.29 is 5.11 Å². The molecule has 0 saturated heterocycles. The smallest absolute Gasteiger partial charge is 0.0647 e. The molecule has 1 aliphatic rings. The van der Waals surface area contributed by atoms with Gasteiger partial charge < -0.3 is 5.11 Å². The molecule has 1 heterocycles. The maximum Gasteiger partial charge on any atom is 0.0647 e. The molecule has 100 valence electrons. The van der Waals surface area contributed by atoms with Gasteiger partial charge in [-0.25, -0.2) is 0 Å². The summed E-state index contributed by atoms with van der Waals surface area (Å²) in [7, 11) is 0. The molecule has 0 aliphatic carbocycles. The molecule has 1 N–H and O–H groups in total. The Morgan fingerprint density at radius 1 is 1.11 bits per heavy atom. The molecule has 3 heteroatoms. The Balaban J connectivity index is 1.84. The summed E-state index contributed by atoms with van der Waals surface area (Å²) in [6.07, 6.45) is 6.33. The van der Waals surface area contributed by atoms with Crippen LogP contribution in [0.5, 0.6) is 0 Å². The third-order valence-corrected chi connectivity index (χ3v) is 6.54. The molecule has 18 heavy (non-hydrogen) atoms. The van der Waals surface area contributed by atoms with Crippen LogP contribution in [0.25, 0.3) is 0 Å².